The molecule has 0 heterocycles. The van der Waals surface area contributed by atoms with Gasteiger partial charge in [-0.25, -0.2) is 17.2 Å². The first-order chi connectivity index (χ1) is 9.61. The quantitative estimate of drug-likeness (QED) is 0.883. The number of carboxylic acids is 1. The van der Waals surface area contributed by atoms with Gasteiger partial charge in [0.1, 0.15) is 18.2 Å². The van der Waals surface area contributed by atoms with E-state index in [9.17, 15) is 22.0 Å². The first-order valence-corrected chi connectivity index (χ1v) is 7.18. The van der Waals surface area contributed by atoms with Gasteiger partial charge >= 0.3 is 5.97 Å². The van der Waals surface area contributed by atoms with Crippen LogP contribution < -0.4 is 0 Å². The lowest BCUT2D eigenvalue weighted by Gasteiger charge is -2.24. The van der Waals surface area contributed by atoms with Crippen molar-refractivity contribution in [3.05, 3.63) is 29.3 Å². The molecule has 0 aromatic heterocycles. The SMILES string of the molecule is CC(C)N(CC(=O)O)S(=O)(=O)c1c(F)cc(C#N)cc1F. The number of hydrogen-bond donors (Lipinski definition) is 1. The van der Waals surface area contributed by atoms with Gasteiger partial charge in [-0.05, 0) is 26.0 Å². The Balaban J connectivity index is 3.49. The Kier molecular flexibility index (Phi) is 4.98. The standard InChI is InChI=1S/C12H12F2N2O4S/c1-7(2)16(6-11(17)18)21(19,20)12-9(13)3-8(5-15)4-10(12)14/h3-4,7H,6H2,1-2H3,(H,17,18). The average Bonchev–Trinajstić information content (AvgIpc) is 2.33. The Morgan fingerprint density at radius 2 is 1.86 bits per heavy atom. The van der Waals surface area contributed by atoms with Crippen LogP contribution in [0.1, 0.15) is 19.4 Å². The number of rotatable bonds is 5. The van der Waals surface area contributed by atoms with E-state index >= 15 is 0 Å². The minimum Gasteiger partial charge on any atom is -0.480 e. The van der Waals surface area contributed by atoms with Gasteiger partial charge in [0.25, 0.3) is 0 Å². The van der Waals surface area contributed by atoms with E-state index in [1.54, 1.807) is 0 Å². The number of halogens is 2. The van der Waals surface area contributed by atoms with E-state index in [-0.39, 0.29) is 5.56 Å². The van der Waals surface area contributed by atoms with E-state index in [1.807, 2.05) is 0 Å². The fraction of sp³-hybridized carbons (Fsp3) is 0.333. The molecule has 1 aromatic carbocycles. The maximum Gasteiger partial charge on any atom is 0.318 e. The van der Waals surface area contributed by atoms with Crippen molar-refractivity contribution in [3.8, 4) is 6.07 Å². The zero-order chi connectivity index (χ0) is 16.4. The van der Waals surface area contributed by atoms with Crippen LogP contribution in [0.2, 0.25) is 0 Å². The van der Waals surface area contributed by atoms with Gasteiger partial charge in [0, 0.05) is 6.04 Å². The van der Waals surface area contributed by atoms with Crippen molar-refractivity contribution in [1.82, 2.24) is 4.31 Å². The van der Waals surface area contributed by atoms with E-state index < -0.39 is 45.1 Å². The van der Waals surface area contributed by atoms with Gasteiger partial charge in [0.05, 0.1) is 11.6 Å². The molecule has 0 aliphatic heterocycles. The van der Waals surface area contributed by atoms with E-state index in [4.69, 9.17) is 10.4 Å². The first kappa shape index (κ1) is 17.0. The molecule has 0 saturated heterocycles. The molecule has 0 bridgehead atoms. The normalized spacial score (nSPS) is 11.7. The Hall–Kier alpha value is -2.05. The highest BCUT2D eigenvalue weighted by molar-refractivity contribution is 7.89. The first-order valence-electron chi connectivity index (χ1n) is 5.74. The molecular weight excluding hydrogens is 306 g/mol. The minimum absolute atomic E-state index is 0.377. The van der Waals surface area contributed by atoms with Crippen molar-refractivity contribution in [1.29, 1.82) is 5.26 Å². The molecule has 6 nitrogen and oxygen atoms in total. The summed E-state index contributed by atoms with van der Waals surface area (Å²) in [5, 5.41) is 17.3. The van der Waals surface area contributed by atoms with Crippen LogP contribution >= 0.6 is 0 Å². The predicted molar refractivity (Wildman–Crippen MR) is 67.7 cm³/mol. The molecule has 114 valence electrons. The molecule has 0 fully saturated rings. The zero-order valence-electron chi connectivity index (χ0n) is 11.2. The van der Waals surface area contributed by atoms with Crippen LogP contribution in [0.4, 0.5) is 8.78 Å². The summed E-state index contributed by atoms with van der Waals surface area (Å²) < 4.78 is 52.6. The fourth-order valence-corrected chi connectivity index (χ4v) is 3.35. The Labute approximate surface area is 120 Å². The highest BCUT2D eigenvalue weighted by Crippen LogP contribution is 2.25. The lowest BCUT2D eigenvalue weighted by atomic mass is 10.2. The van der Waals surface area contributed by atoms with Gasteiger partial charge < -0.3 is 5.11 Å². The molecule has 0 radical (unpaired) electrons. The summed E-state index contributed by atoms with van der Waals surface area (Å²) in [7, 11) is -4.69. The van der Waals surface area contributed by atoms with Crippen LogP contribution in [0.25, 0.3) is 0 Å². The number of hydrogen-bond acceptors (Lipinski definition) is 4. The molecular formula is C12H12F2N2O4S. The highest BCUT2D eigenvalue weighted by Gasteiger charge is 2.34. The van der Waals surface area contributed by atoms with Crippen LogP contribution in [0.15, 0.2) is 17.0 Å². The second-order valence-electron chi connectivity index (χ2n) is 4.42. The third-order valence-electron chi connectivity index (χ3n) is 2.56. The van der Waals surface area contributed by atoms with Gasteiger partial charge in [-0.15, -0.1) is 0 Å². The van der Waals surface area contributed by atoms with Crippen LogP contribution in [-0.2, 0) is 14.8 Å². The summed E-state index contributed by atoms with van der Waals surface area (Å²) in [6.07, 6.45) is 0. The Bertz CT molecular complexity index is 687. The Morgan fingerprint density at radius 1 is 1.38 bits per heavy atom. The van der Waals surface area contributed by atoms with Gasteiger partial charge in [-0.3, -0.25) is 4.79 Å². The fourth-order valence-electron chi connectivity index (χ4n) is 1.67. The third-order valence-corrected chi connectivity index (χ3v) is 4.64. The molecule has 0 saturated carbocycles. The maximum atomic E-state index is 13.8. The molecule has 0 atom stereocenters. The van der Waals surface area contributed by atoms with Crippen molar-refractivity contribution in [2.45, 2.75) is 24.8 Å². The summed E-state index contributed by atoms with van der Waals surface area (Å²) >= 11 is 0. The zero-order valence-corrected chi connectivity index (χ0v) is 12.0. The largest absolute Gasteiger partial charge is 0.480 e. The van der Waals surface area contributed by atoms with Crippen LogP contribution in [-0.4, -0.2) is 36.4 Å². The summed E-state index contributed by atoms with van der Waals surface area (Å²) in [6, 6.07) is 1.83. The number of carbonyl (C=O) groups is 1. The van der Waals surface area contributed by atoms with Gasteiger partial charge in [0.15, 0.2) is 4.90 Å². The van der Waals surface area contributed by atoms with Crippen LogP contribution in [0, 0.1) is 23.0 Å². The summed E-state index contributed by atoms with van der Waals surface area (Å²) in [5.74, 6) is -4.34. The second kappa shape index (κ2) is 6.15. The molecule has 1 rings (SSSR count). The van der Waals surface area contributed by atoms with Crippen molar-refractivity contribution in [3.63, 3.8) is 0 Å². The molecule has 21 heavy (non-hydrogen) atoms. The van der Waals surface area contributed by atoms with Gasteiger partial charge in [0.2, 0.25) is 10.0 Å². The number of benzene rings is 1. The van der Waals surface area contributed by atoms with Gasteiger partial charge in [-0.2, -0.15) is 9.57 Å². The number of aliphatic carboxylic acids is 1. The topological polar surface area (TPSA) is 98.5 Å². The average molecular weight is 318 g/mol. The third kappa shape index (κ3) is 3.53. The molecule has 1 N–H and O–H groups in total. The molecule has 0 aliphatic carbocycles. The van der Waals surface area contributed by atoms with Crippen molar-refractivity contribution < 1.29 is 27.1 Å². The van der Waals surface area contributed by atoms with Crippen LogP contribution in [0.5, 0.6) is 0 Å². The lowest BCUT2D eigenvalue weighted by Crippen LogP contribution is -2.41. The molecule has 0 spiro atoms. The number of carboxylic acid groups (broad SMARTS) is 1. The summed E-state index contributed by atoms with van der Waals surface area (Å²) in [6.45, 7) is 1.82. The molecule has 1 aromatic rings. The number of sulfonamides is 1. The van der Waals surface area contributed by atoms with Crippen LogP contribution in [0.3, 0.4) is 0 Å². The monoisotopic (exact) mass is 318 g/mol. The predicted octanol–water partition coefficient (Wildman–Crippen LogP) is 1.32. The highest BCUT2D eigenvalue weighted by atomic mass is 32.2. The lowest BCUT2D eigenvalue weighted by molar-refractivity contribution is -0.137. The smallest absolute Gasteiger partial charge is 0.318 e. The van der Waals surface area contributed by atoms with Crippen molar-refractivity contribution >= 4 is 16.0 Å². The second-order valence-corrected chi connectivity index (χ2v) is 6.25. The maximum absolute atomic E-state index is 13.8. The van der Waals surface area contributed by atoms with Gasteiger partial charge in [-0.1, -0.05) is 0 Å². The van der Waals surface area contributed by atoms with Crippen molar-refractivity contribution in [2.75, 3.05) is 6.54 Å². The minimum atomic E-state index is -4.69. The molecule has 0 amide bonds. The van der Waals surface area contributed by atoms with E-state index in [0.29, 0.717) is 16.4 Å². The van der Waals surface area contributed by atoms with E-state index in [0.717, 1.165) is 0 Å². The summed E-state index contributed by atoms with van der Waals surface area (Å²) in [4.78, 5) is 9.46. The van der Waals surface area contributed by atoms with E-state index in [1.165, 1.54) is 19.9 Å². The number of nitrogens with zero attached hydrogens (tertiary/aromatic N) is 2. The Morgan fingerprint density at radius 3 is 2.19 bits per heavy atom. The summed E-state index contributed by atoms with van der Waals surface area (Å²) in [5.41, 5.74) is -0.377. The molecule has 9 heteroatoms. The molecule has 0 aliphatic rings. The van der Waals surface area contributed by atoms with Crippen molar-refractivity contribution in [2.24, 2.45) is 0 Å². The number of nitriles is 1. The van der Waals surface area contributed by atoms with E-state index in [2.05, 4.69) is 0 Å². The molecule has 0 unspecified atom stereocenters.